The minimum atomic E-state index is 0.351. The predicted molar refractivity (Wildman–Crippen MR) is 48.1 cm³/mol. The number of hydrogen-bond acceptors (Lipinski definition) is 0. The van der Waals surface area contributed by atoms with Crippen LogP contribution < -0.4 is 0 Å². The Bertz CT molecular complexity index is 104. The molecule has 60 valence electrons. The van der Waals surface area contributed by atoms with Gasteiger partial charge in [-0.3, -0.25) is 0 Å². The van der Waals surface area contributed by atoms with Gasteiger partial charge >= 0.3 is 0 Å². The maximum Gasteiger partial charge on any atom is -0.0203 e. The molecular weight excluding hydrogens is 120 g/mol. The molecule has 0 spiro atoms. The number of rotatable bonds is 2. The molecule has 0 N–H and O–H groups in total. The average molecular weight is 140 g/mol. The lowest BCUT2D eigenvalue weighted by molar-refractivity contribution is 0.535. The Balaban J connectivity index is 3.75. The topological polar surface area (TPSA) is 0 Å². The molecule has 0 saturated carbocycles. The quantitative estimate of drug-likeness (QED) is 0.514. The normalized spacial score (nSPS) is 16.1. The summed E-state index contributed by atoms with van der Waals surface area (Å²) in [6, 6.07) is 0. The van der Waals surface area contributed by atoms with E-state index in [1.54, 1.807) is 0 Å². The monoisotopic (exact) mass is 140 g/mol. The van der Waals surface area contributed by atoms with Gasteiger partial charge in [-0.05, 0) is 11.3 Å². The van der Waals surface area contributed by atoms with Crippen molar-refractivity contribution in [1.29, 1.82) is 0 Å². The standard InChI is InChI=1S/C10H20/c1-6-9(2)7-8-10(3,4)5/h7-9H,6H2,1-5H3/b8-7+/t9-/m0/s1. The van der Waals surface area contributed by atoms with Gasteiger partial charge in [-0.15, -0.1) is 0 Å². The first-order chi connectivity index (χ1) is 4.45. The number of hydrogen-bond donors (Lipinski definition) is 0. The lowest BCUT2D eigenvalue weighted by Crippen LogP contribution is -1.99. The Labute approximate surface area is 65.3 Å². The summed E-state index contributed by atoms with van der Waals surface area (Å²) < 4.78 is 0. The van der Waals surface area contributed by atoms with Crippen molar-refractivity contribution in [3.63, 3.8) is 0 Å². The molecule has 0 aliphatic carbocycles. The minimum Gasteiger partial charge on any atom is -0.0852 e. The van der Waals surface area contributed by atoms with Crippen molar-refractivity contribution in [2.24, 2.45) is 11.3 Å². The van der Waals surface area contributed by atoms with Crippen LogP contribution in [0, 0.1) is 11.3 Å². The molecule has 0 fully saturated rings. The smallest absolute Gasteiger partial charge is 0.0203 e. The molecule has 0 aromatic heterocycles. The fourth-order valence-corrected chi connectivity index (χ4v) is 0.589. The van der Waals surface area contributed by atoms with E-state index >= 15 is 0 Å². The van der Waals surface area contributed by atoms with E-state index in [0.29, 0.717) is 5.41 Å². The van der Waals surface area contributed by atoms with Crippen LogP contribution in [-0.2, 0) is 0 Å². The van der Waals surface area contributed by atoms with Crippen LogP contribution in [0.3, 0.4) is 0 Å². The highest BCUT2D eigenvalue weighted by Crippen LogP contribution is 2.16. The molecule has 1 atom stereocenters. The van der Waals surface area contributed by atoms with Crippen LogP contribution in [0.15, 0.2) is 12.2 Å². The maximum atomic E-state index is 2.31. The Hall–Kier alpha value is -0.260. The molecule has 0 rings (SSSR count). The third-order valence-electron chi connectivity index (χ3n) is 1.57. The molecule has 0 aromatic carbocycles. The van der Waals surface area contributed by atoms with Gasteiger partial charge in [0.15, 0.2) is 0 Å². The summed E-state index contributed by atoms with van der Waals surface area (Å²) in [5, 5.41) is 0. The number of allylic oxidation sites excluding steroid dienone is 2. The fourth-order valence-electron chi connectivity index (χ4n) is 0.589. The second-order valence-corrected chi connectivity index (χ2v) is 4.11. The van der Waals surface area contributed by atoms with Crippen molar-refractivity contribution in [1.82, 2.24) is 0 Å². The van der Waals surface area contributed by atoms with Crippen molar-refractivity contribution >= 4 is 0 Å². The summed E-state index contributed by atoms with van der Waals surface area (Å²) >= 11 is 0. The van der Waals surface area contributed by atoms with Crippen LogP contribution in [0.25, 0.3) is 0 Å². The Morgan fingerprint density at radius 3 is 2.10 bits per heavy atom. The van der Waals surface area contributed by atoms with Gasteiger partial charge in [-0.1, -0.05) is 53.2 Å². The second-order valence-electron chi connectivity index (χ2n) is 4.11. The molecule has 0 nitrogen and oxygen atoms in total. The molecule has 0 aromatic rings. The molecule has 0 aliphatic rings. The van der Waals surface area contributed by atoms with Gasteiger partial charge in [0, 0.05) is 0 Å². The van der Waals surface area contributed by atoms with Crippen LogP contribution >= 0.6 is 0 Å². The van der Waals surface area contributed by atoms with E-state index in [9.17, 15) is 0 Å². The van der Waals surface area contributed by atoms with E-state index in [2.05, 4.69) is 46.8 Å². The average Bonchev–Trinajstić information content (AvgIpc) is 1.81. The first-order valence-corrected chi connectivity index (χ1v) is 4.15. The summed E-state index contributed by atoms with van der Waals surface area (Å²) in [4.78, 5) is 0. The molecule has 0 unspecified atom stereocenters. The molecule has 0 amide bonds. The van der Waals surface area contributed by atoms with Crippen molar-refractivity contribution in [2.45, 2.75) is 41.0 Å². The molecule has 0 saturated heterocycles. The van der Waals surface area contributed by atoms with Gasteiger partial charge in [-0.25, -0.2) is 0 Å². The van der Waals surface area contributed by atoms with Crippen molar-refractivity contribution in [3.05, 3.63) is 12.2 Å². The summed E-state index contributed by atoms with van der Waals surface area (Å²) in [6.45, 7) is 11.2. The van der Waals surface area contributed by atoms with E-state index in [4.69, 9.17) is 0 Å². The first kappa shape index (κ1) is 9.74. The zero-order valence-electron chi connectivity index (χ0n) is 7.94. The summed E-state index contributed by atoms with van der Waals surface area (Å²) in [5.74, 6) is 0.735. The molecule has 0 aliphatic heterocycles. The third-order valence-corrected chi connectivity index (χ3v) is 1.57. The van der Waals surface area contributed by atoms with Crippen LogP contribution in [0.4, 0.5) is 0 Å². The largest absolute Gasteiger partial charge is 0.0852 e. The summed E-state index contributed by atoms with van der Waals surface area (Å²) in [6.07, 6.45) is 5.84. The van der Waals surface area contributed by atoms with Gasteiger partial charge in [-0.2, -0.15) is 0 Å². The van der Waals surface area contributed by atoms with E-state index in [-0.39, 0.29) is 0 Å². The zero-order chi connectivity index (χ0) is 8.20. The van der Waals surface area contributed by atoms with Crippen molar-refractivity contribution < 1.29 is 0 Å². The predicted octanol–water partition coefficient (Wildman–Crippen LogP) is 3.63. The second kappa shape index (κ2) is 3.80. The summed E-state index contributed by atoms with van der Waals surface area (Å²) in [5.41, 5.74) is 0.351. The zero-order valence-corrected chi connectivity index (χ0v) is 7.94. The Morgan fingerprint density at radius 2 is 1.80 bits per heavy atom. The van der Waals surface area contributed by atoms with Crippen LogP contribution in [-0.4, -0.2) is 0 Å². The molecular formula is C10H20. The molecule has 0 heterocycles. The highest BCUT2D eigenvalue weighted by atomic mass is 14.1. The maximum absolute atomic E-state index is 2.31. The molecule has 0 radical (unpaired) electrons. The van der Waals surface area contributed by atoms with Crippen LogP contribution in [0.1, 0.15) is 41.0 Å². The van der Waals surface area contributed by atoms with Gasteiger partial charge in [0.05, 0.1) is 0 Å². The van der Waals surface area contributed by atoms with Gasteiger partial charge in [0.25, 0.3) is 0 Å². The third kappa shape index (κ3) is 5.87. The van der Waals surface area contributed by atoms with Crippen molar-refractivity contribution in [3.8, 4) is 0 Å². The first-order valence-electron chi connectivity index (χ1n) is 4.15. The lowest BCUT2D eigenvalue weighted by Gasteiger charge is -2.12. The van der Waals surface area contributed by atoms with Crippen LogP contribution in [0.2, 0.25) is 0 Å². The molecule has 0 bridgehead atoms. The Kier molecular flexibility index (Phi) is 3.70. The fraction of sp³-hybridized carbons (Fsp3) is 0.800. The van der Waals surface area contributed by atoms with Gasteiger partial charge in [0.2, 0.25) is 0 Å². The lowest BCUT2D eigenvalue weighted by atomic mass is 9.94. The van der Waals surface area contributed by atoms with Crippen LogP contribution in [0.5, 0.6) is 0 Å². The minimum absolute atomic E-state index is 0.351. The SMILES string of the molecule is CC[C@H](C)/C=C/C(C)(C)C. The van der Waals surface area contributed by atoms with E-state index < -0.39 is 0 Å². The van der Waals surface area contributed by atoms with Gasteiger partial charge in [0.1, 0.15) is 0 Å². The van der Waals surface area contributed by atoms with Gasteiger partial charge < -0.3 is 0 Å². The van der Waals surface area contributed by atoms with E-state index in [0.717, 1.165) is 5.92 Å². The highest BCUT2D eigenvalue weighted by Gasteiger charge is 2.03. The van der Waals surface area contributed by atoms with Crippen molar-refractivity contribution in [2.75, 3.05) is 0 Å². The van der Waals surface area contributed by atoms with E-state index in [1.807, 2.05) is 0 Å². The molecule has 10 heavy (non-hydrogen) atoms. The summed E-state index contributed by atoms with van der Waals surface area (Å²) in [7, 11) is 0. The molecule has 0 heteroatoms. The highest BCUT2D eigenvalue weighted by molar-refractivity contribution is 4.94. The Morgan fingerprint density at radius 1 is 1.30 bits per heavy atom. The van der Waals surface area contributed by atoms with E-state index in [1.165, 1.54) is 6.42 Å².